The molecule has 2 atom stereocenters. The molecule has 7 heteroatoms. The lowest BCUT2D eigenvalue weighted by atomic mass is 10.2. The maximum atomic E-state index is 12.5. The van der Waals surface area contributed by atoms with E-state index in [0.717, 1.165) is 12.8 Å². The first-order chi connectivity index (χ1) is 10.9. The monoisotopic (exact) mass is 341 g/mol. The first kappa shape index (κ1) is 17.7. The summed E-state index contributed by atoms with van der Waals surface area (Å²) in [5.74, 6) is 0.0938. The van der Waals surface area contributed by atoms with E-state index in [4.69, 9.17) is 9.47 Å². The van der Waals surface area contributed by atoms with E-state index >= 15 is 0 Å². The lowest BCUT2D eigenvalue weighted by Gasteiger charge is -2.16. The molecule has 6 nitrogen and oxygen atoms in total. The number of hydrogen-bond acceptors (Lipinski definition) is 5. The molecule has 0 unspecified atom stereocenters. The normalized spacial score (nSPS) is 19.3. The van der Waals surface area contributed by atoms with E-state index in [1.165, 1.54) is 19.1 Å². The molecule has 1 N–H and O–H groups in total. The minimum absolute atomic E-state index is 0.0145. The Labute approximate surface area is 137 Å². The molecule has 1 amide bonds. The number of carbonyl (C=O) groups excluding carboxylic acids is 1. The van der Waals surface area contributed by atoms with Crippen molar-refractivity contribution in [2.24, 2.45) is 0 Å². The van der Waals surface area contributed by atoms with Gasteiger partial charge in [0.15, 0.2) is 9.84 Å². The topological polar surface area (TPSA) is 81.7 Å². The van der Waals surface area contributed by atoms with E-state index in [9.17, 15) is 13.2 Å². The van der Waals surface area contributed by atoms with Gasteiger partial charge < -0.3 is 14.8 Å². The third-order valence-corrected chi connectivity index (χ3v) is 5.90. The van der Waals surface area contributed by atoms with Crippen molar-refractivity contribution in [1.82, 2.24) is 5.32 Å². The molecule has 1 aliphatic heterocycles. The zero-order valence-corrected chi connectivity index (χ0v) is 14.3. The highest BCUT2D eigenvalue weighted by Crippen LogP contribution is 2.20. The predicted octanol–water partition coefficient (Wildman–Crippen LogP) is 1.54. The Morgan fingerprint density at radius 1 is 1.39 bits per heavy atom. The summed E-state index contributed by atoms with van der Waals surface area (Å²) >= 11 is 0. The fourth-order valence-corrected chi connectivity index (χ4v) is 3.69. The zero-order chi connectivity index (χ0) is 16.9. The molecule has 0 aromatic heterocycles. The highest BCUT2D eigenvalue weighted by Gasteiger charge is 2.30. The summed E-state index contributed by atoms with van der Waals surface area (Å²) in [6, 6.07) is 6.11. The van der Waals surface area contributed by atoms with Crippen molar-refractivity contribution in [2.45, 2.75) is 42.9 Å². The fourth-order valence-electron chi connectivity index (χ4n) is 2.40. The van der Waals surface area contributed by atoms with Crippen LogP contribution in [0, 0.1) is 0 Å². The largest absolute Gasteiger partial charge is 0.494 e. The lowest BCUT2D eigenvalue weighted by molar-refractivity contribution is -0.120. The summed E-state index contributed by atoms with van der Waals surface area (Å²) in [5.41, 5.74) is 0. The molecule has 0 radical (unpaired) electrons. The van der Waals surface area contributed by atoms with Gasteiger partial charge in [-0.1, -0.05) is 0 Å². The van der Waals surface area contributed by atoms with Crippen LogP contribution in [-0.2, 0) is 19.4 Å². The fraction of sp³-hybridized carbons (Fsp3) is 0.562. The number of ether oxygens (including phenoxy) is 2. The second-order valence-electron chi connectivity index (χ2n) is 5.47. The third kappa shape index (κ3) is 4.45. The molecule has 0 spiro atoms. The molecule has 0 aliphatic carbocycles. The number of carbonyl (C=O) groups is 1. The zero-order valence-electron chi connectivity index (χ0n) is 13.4. The predicted molar refractivity (Wildman–Crippen MR) is 86.2 cm³/mol. The summed E-state index contributed by atoms with van der Waals surface area (Å²) < 4.78 is 35.7. The summed E-state index contributed by atoms with van der Waals surface area (Å²) in [6.07, 6.45) is 1.85. The Bertz CT molecular complexity index is 620. The molecular formula is C16H23NO5S. The van der Waals surface area contributed by atoms with Crippen LogP contribution < -0.4 is 10.1 Å². The van der Waals surface area contributed by atoms with Crippen LogP contribution in [-0.4, -0.2) is 45.4 Å². The van der Waals surface area contributed by atoms with Gasteiger partial charge >= 0.3 is 0 Å². The smallest absolute Gasteiger partial charge is 0.238 e. The maximum absolute atomic E-state index is 12.5. The van der Waals surface area contributed by atoms with Crippen molar-refractivity contribution in [3.63, 3.8) is 0 Å². The molecule has 1 fully saturated rings. The Kier molecular flexibility index (Phi) is 6.01. The second-order valence-corrected chi connectivity index (χ2v) is 7.74. The molecule has 1 aliphatic rings. The number of hydrogen-bond donors (Lipinski definition) is 1. The van der Waals surface area contributed by atoms with Crippen molar-refractivity contribution in [2.75, 3.05) is 19.8 Å². The Morgan fingerprint density at radius 3 is 2.65 bits per heavy atom. The molecule has 128 valence electrons. The van der Waals surface area contributed by atoms with Crippen molar-refractivity contribution < 1.29 is 22.7 Å². The van der Waals surface area contributed by atoms with E-state index in [1.807, 2.05) is 6.92 Å². The highest BCUT2D eigenvalue weighted by atomic mass is 32.2. The van der Waals surface area contributed by atoms with Gasteiger partial charge in [-0.2, -0.15) is 0 Å². The van der Waals surface area contributed by atoms with Crippen LogP contribution in [0.3, 0.4) is 0 Å². The van der Waals surface area contributed by atoms with Crippen LogP contribution in [0.1, 0.15) is 26.7 Å². The molecule has 1 aromatic rings. The van der Waals surface area contributed by atoms with E-state index in [1.54, 1.807) is 12.1 Å². The van der Waals surface area contributed by atoms with Crippen LogP contribution in [0.4, 0.5) is 0 Å². The minimum atomic E-state index is -3.72. The maximum Gasteiger partial charge on any atom is 0.238 e. The van der Waals surface area contributed by atoms with Gasteiger partial charge in [-0.15, -0.1) is 0 Å². The number of nitrogens with one attached hydrogen (secondary N) is 1. The molecular weight excluding hydrogens is 318 g/mol. The minimum Gasteiger partial charge on any atom is -0.494 e. The van der Waals surface area contributed by atoms with Gasteiger partial charge in [-0.05, 0) is 51.0 Å². The van der Waals surface area contributed by atoms with Crippen LogP contribution in [0.15, 0.2) is 29.2 Å². The van der Waals surface area contributed by atoms with Gasteiger partial charge in [0, 0.05) is 13.2 Å². The van der Waals surface area contributed by atoms with Gasteiger partial charge in [0.2, 0.25) is 5.91 Å². The van der Waals surface area contributed by atoms with Crippen LogP contribution in [0.25, 0.3) is 0 Å². The van der Waals surface area contributed by atoms with Crippen molar-refractivity contribution in [3.8, 4) is 5.75 Å². The second kappa shape index (κ2) is 7.79. The van der Waals surface area contributed by atoms with Gasteiger partial charge in [-0.3, -0.25) is 4.79 Å². The third-order valence-electron chi connectivity index (χ3n) is 3.83. The Hall–Kier alpha value is -1.60. The van der Waals surface area contributed by atoms with Gasteiger partial charge in [0.1, 0.15) is 11.0 Å². The number of sulfone groups is 1. The summed E-state index contributed by atoms with van der Waals surface area (Å²) in [7, 11) is -3.72. The van der Waals surface area contributed by atoms with Crippen molar-refractivity contribution >= 4 is 15.7 Å². The van der Waals surface area contributed by atoms with Crippen molar-refractivity contribution in [1.29, 1.82) is 0 Å². The summed E-state index contributed by atoms with van der Waals surface area (Å²) in [4.78, 5) is 12.2. The van der Waals surface area contributed by atoms with Crippen molar-refractivity contribution in [3.05, 3.63) is 24.3 Å². The van der Waals surface area contributed by atoms with E-state index in [2.05, 4.69) is 5.32 Å². The molecule has 23 heavy (non-hydrogen) atoms. The molecule has 2 rings (SSSR count). The standard InChI is InChI=1S/C16H23NO5S/c1-3-21-13-6-8-15(9-7-13)23(19,20)12(2)16(18)17-11-14-5-4-10-22-14/h6-9,12,14H,3-5,10-11H2,1-2H3,(H,17,18)/t12-,14+/m1/s1. The van der Waals surface area contributed by atoms with Gasteiger partial charge in [-0.25, -0.2) is 8.42 Å². The Balaban J connectivity index is 2.00. The molecule has 1 saturated heterocycles. The highest BCUT2D eigenvalue weighted by molar-refractivity contribution is 7.92. The molecule has 1 aromatic carbocycles. The first-order valence-electron chi connectivity index (χ1n) is 7.81. The molecule has 1 heterocycles. The molecule has 0 bridgehead atoms. The number of rotatable bonds is 7. The van der Waals surface area contributed by atoms with Gasteiger partial charge in [0.25, 0.3) is 0 Å². The van der Waals surface area contributed by atoms with E-state index in [-0.39, 0.29) is 11.0 Å². The average molecular weight is 341 g/mol. The molecule has 0 saturated carbocycles. The van der Waals surface area contributed by atoms with Crippen LogP contribution in [0.2, 0.25) is 0 Å². The number of amides is 1. The SMILES string of the molecule is CCOc1ccc(S(=O)(=O)[C@H](C)C(=O)NC[C@@H]2CCCO2)cc1. The Morgan fingerprint density at radius 2 is 2.09 bits per heavy atom. The quantitative estimate of drug-likeness (QED) is 0.813. The van der Waals surface area contributed by atoms with Crippen LogP contribution in [0.5, 0.6) is 5.75 Å². The summed E-state index contributed by atoms with van der Waals surface area (Å²) in [5, 5.41) is 1.51. The lowest BCUT2D eigenvalue weighted by Crippen LogP contribution is -2.41. The van der Waals surface area contributed by atoms with E-state index in [0.29, 0.717) is 25.5 Å². The average Bonchev–Trinajstić information content (AvgIpc) is 3.06. The van der Waals surface area contributed by atoms with Crippen LogP contribution >= 0.6 is 0 Å². The number of benzene rings is 1. The van der Waals surface area contributed by atoms with E-state index < -0.39 is 21.0 Å². The first-order valence-corrected chi connectivity index (χ1v) is 9.36. The van der Waals surface area contributed by atoms with Gasteiger partial charge in [0.05, 0.1) is 17.6 Å². The summed E-state index contributed by atoms with van der Waals surface area (Å²) in [6.45, 7) is 4.80.